The zero-order chi connectivity index (χ0) is 18.5. The Kier molecular flexibility index (Phi) is 5.76. The number of hydrogen-bond donors (Lipinski definition) is 1. The van der Waals surface area contributed by atoms with E-state index < -0.39 is 0 Å². The number of pyridine rings is 1. The number of benzene rings is 1. The van der Waals surface area contributed by atoms with E-state index in [1.54, 1.807) is 12.1 Å². The van der Waals surface area contributed by atoms with E-state index in [9.17, 15) is 0 Å². The van der Waals surface area contributed by atoms with Crippen molar-refractivity contribution in [3.8, 4) is 5.88 Å². The maximum absolute atomic E-state index is 7.27. The van der Waals surface area contributed by atoms with Crippen molar-refractivity contribution in [1.82, 2.24) is 4.98 Å². The van der Waals surface area contributed by atoms with Crippen LogP contribution in [0.1, 0.15) is 19.4 Å². The van der Waals surface area contributed by atoms with Crippen molar-refractivity contribution in [2.45, 2.75) is 33.4 Å². The monoisotopic (exact) mass is 351 g/mol. The highest BCUT2D eigenvalue weighted by Crippen LogP contribution is 2.28. The molecule has 0 atom stereocenters. The predicted octanol–water partition coefficient (Wildman–Crippen LogP) is 3.54. The van der Waals surface area contributed by atoms with Gasteiger partial charge in [0.2, 0.25) is 11.6 Å². The van der Waals surface area contributed by atoms with E-state index in [4.69, 9.17) is 20.7 Å². The first kappa shape index (κ1) is 18.2. The van der Waals surface area contributed by atoms with Gasteiger partial charge in [0.1, 0.15) is 12.4 Å². The molecule has 0 amide bonds. The molecule has 1 aliphatic rings. The van der Waals surface area contributed by atoms with E-state index in [1.807, 2.05) is 19.9 Å². The lowest BCUT2D eigenvalue weighted by molar-refractivity contribution is 0.0545. The van der Waals surface area contributed by atoms with Crippen LogP contribution in [-0.2, 0) is 16.0 Å². The molecule has 134 valence electrons. The molecule has 0 spiro atoms. The SMILES string of the molecule is [C-]#[N+]c1ccc(Nc2ccc3c(c2)COB3C)nc1OCCOC(C)C. The average Bonchev–Trinajstić information content (AvgIpc) is 2.99. The standard InChI is InChI=1S/C19H22BN3O3/c1-13(2)24-9-10-25-19-17(21-4)7-8-18(23-19)22-15-5-6-16-14(11-15)12-26-20(16)3/h5-8,11,13H,9-10,12H2,1-3H3,(H,22,23). The molecule has 26 heavy (non-hydrogen) atoms. The van der Waals surface area contributed by atoms with Gasteiger partial charge in [-0.3, -0.25) is 0 Å². The Balaban J connectivity index is 1.70. The van der Waals surface area contributed by atoms with E-state index in [2.05, 4.69) is 34.1 Å². The highest BCUT2D eigenvalue weighted by Gasteiger charge is 2.23. The molecule has 0 saturated carbocycles. The van der Waals surface area contributed by atoms with E-state index in [0.717, 1.165) is 5.69 Å². The van der Waals surface area contributed by atoms with Crippen LogP contribution in [0.5, 0.6) is 5.88 Å². The Hall–Kier alpha value is -2.56. The third-order valence-electron chi connectivity index (χ3n) is 4.08. The van der Waals surface area contributed by atoms with Gasteiger partial charge in [0, 0.05) is 5.69 Å². The molecule has 1 N–H and O–H groups in total. The lowest BCUT2D eigenvalue weighted by Gasteiger charge is -2.12. The summed E-state index contributed by atoms with van der Waals surface area (Å²) in [6, 6.07) is 9.63. The Bertz CT molecular complexity index is 820. The molecule has 6 nitrogen and oxygen atoms in total. The molecule has 7 heteroatoms. The summed E-state index contributed by atoms with van der Waals surface area (Å²) < 4.78 is 16.7. The summed E-state index contributed by atoms with van der Waals surface area (Å²) in [5, 5.41) is 3.27. The first-order valence-corrected chi connectivity index (χ1v) is 8.71. The minimum absolute atomic E-state index is 0.142. The Labute approximate surface area is 154 Å². The van der Waals surface area contributed by atoms with Gasteiger partial charge in [0.25, 0.3) is 0 Å². The summed E-state index contributed by atoms with van der Waals surface area (Å²) in [6.45, 7) is 14.8. The van der Waals surface area contributed by atoms with Gasteiger partial charge in [-0.05, 0) is 49.1 Å². The number of aromatic nitrogens is 1. The highest BCUT2D eigenvalue weighted by atomic mass is 16.5. The fourth-order valence-corrected chi connectivity index (χ4v) is 2.77. The van der Waals surface area contributed by atoms with Crippen LogP contribution in [0.3, 0.4) is 0 Å². The zero-order valence-corrected chi connectivity index (χ0v) is 15.3. The largest absolute Gasteiger partial charge is 0.484 e. The number of anilines is 2. The Morgan fingerprint density at radius 2 is 2.15 bits per heavy atom. The van der Waals surface area contributed by atoms with Gasteiger partial charge in [0.05, 0.1) is 25.9 Å². The summed E-state index contributed by atoms with van der Waals surface area (Å²) in [4.78, 5) is 7.90. The third kappa shape index (κ3) is 4.34. The molecule has 2 heterocycles. The van der Waals surface area contributed by atoms with Crippen LogP contribution in [0.4, 0.5) is 17.2 Å². The number of nitrogens with one attached hydrogen (secondary N) is 1. The highest BCUT2D eigenvalue weighted by molar-refractivity contribution is 6.67. The Morgan fingerprint density at radius 3 is 2.92 bits per heavy atom. The minimum Gasteiger partial charge on any atom is -0.484 e. The molecule has 1 aromatic carbocycles. The van der Waals surface area contributed by atoms with Crippen molar-refractivity contribution in [3.05, 3.63) is 47.3 Å². The average molecular weight is 351 g/mol. The molecule has 0 saturated heterocycles. The molecule has 0 radical (unpaired) electrons. The summed E-state index contributed by atoms with van der Waals surface area (Å²) in [7, 11) is 0. The molecule has 2 aromatic rings. The normalized spacial score (nSPS) is 12.8. The lowest BCUT2D eigenvalue weighted by Crippen LogP contribution is -2.23. The number of nitrogens with zero attached hydrogens (tertiary/aromatic N) is 2. The van der Waals surface area contributed by atoms with Crippen molar-refractivity contribution in [1.29, 1.82) is 0 Å². The zero-order valence-electron chi connectivity index (χ0n) is 15.3. The molecular formula is C19H22BN3O3. The fourth-order valence-electron chi connectivity index (χ4n) is 2.77. The van der Waals surface area contributed by atoms with Gasteiger partial charge in [-0.2, -0.15) is 0 Å². The van der Waals surface area contributed by atoms with E-state index in [1.165, 1.54) is 11.0 Å². The van der Waals surface area contributed by atoms with Crippen LogP contribution >= 0.6 is 0 Å². The second kappa shape index (κ2) is 8.22. The van der Waals surface area contributed by atoms with Crippen molar-refractivity contribution in [2.75, 3.05) is 18.5 Å². The maximum Gasteiger partial charge on any atom is 0.324 e. The topological polar surface area (TPSA) is 57.0 Å². The van der Waals surface area contributed by atoms with Gasteiger partial charge < -0.3 is 19.4 Å². The van der Waals surface area contributed by atoms with Crippen LogP contribution in [0.2, 0.25) is 6.82 Å². The van der Waals surface area contributed by atoms with Gasteiger partial charge >= 0.3 is 6.92 Å². The van der Waals surface area contributed by atoms with Gasteiger partial charge in [-0.1, -0.05) is 12.9 Å². The fraction of sp³-hybridized carbons (Fsp3) is 0.368. The van der Waals surface area contributed by atoms with E-state index in [0.29, 0.717) is 37.2 Å². The molecule has 3 rings (SSSR count). The van der Waals surface area contributed by atoms with Crippen LogP contribution in [0.25, 0.3) is 4.85 Å². The minimum atomic E-state index is 0.142. The number of hydrogen-bond acceptors (Lipinski definition) is 5. The molecule has 1 aromatic heterocycles. The van der Waals surface area contributed by atoms with Gasteiger partial charge in [-0.25, -0.2) is 9.83 Å². The summed E-state index contributed by atoms with van der Waals surface area (Å²) in [5.41, 5.74) is 3.72. The molecule has 0 aliphatic carbocycles. The maximum atomic E-state index is 7.27. The number of rotatable bonds is 7. The summed E-state index contributed by atoms with van der Waals surface area (Å²) in [5.74, 6) is 0.944. The van der Waals surface area contributed by atoms with Gasteiger partial charge in [0.15, 0.2) is 0 Å². The lowest BCUT2D eigenvalue weighted by atomic mass is 9.64. The van der Waals surface area contributed by atoms with Crippen molar-refractivity contribution in [3.63, 3.8) is 0 Å². The van der Waals surface area contributed by atoms with Crippen molar-refractivity contribution >= 4 is 29.6 Å². The molecule has 0 unspecified atom stereocenters. The third-order valence-corrected chi connectivity index (χ3v) is 4.08. The molecule has 0 fully saturated rings. The quantitative estimate of drug-likeness (QED) is 0.470. The van der Waals surface area contributed by atoms with Crippen LogP contribution in [0, 0.1) is 6.57 Å². The van der Waals surface area contributed by atoms with E-state index >= 15 is 0 Å². The number of ether oxygens (including phenoxy) is 2. The van der Waals surface area contributed by atoms with Crippen molar-refractivity contribution < 1.29 is 14.1 Å². The first-order valence-electron chi connectivity index (χ1n) is 8.71. The predicted molar refractivity (Wildman–Crippen MR) is 103 cm³/mol. The van der Waals surface area contributed by atoms with Crippen molar-refractivity contribution in [2.24, 2.45) is 0 Å². The molecular weight excluding hydrogens is 329 g/mol. The Morgan fingerprint density at radius 1 is 1.31 bits per heavy atom. The summed E-state index contributed by atoms with van der Waals surface area (Å²) >= 11 is 0. The van der Waals surface area contributed by atoms with Crippen LogP contribution < -0.4 is 15.5 Å². The second-order valence-electron chi connectivity index (χ2n) is 6.39. The van der Waals surface area contributed by atoms with Crippen LogP contribution in [-0.4, -0.2) is 31.2 Å². The summed E-state index contributed by atoms with van der Waals surface area (Å²) in [6.07, 6.45) is 0.145. The van der Waals surface area contributed by atoms with Crippen LogP contribution in [0.15, 0.2) is 30.3 Å². The number of fused-ring (bicyclic) bond motifs is 1. The smallest absolute Gasteiger partial charge is 0.324 e. The second-order valence-corrected chi connectivity index (χ2v) is 6.39. The molecule has 0 bridgehead atoms. The molecule has 1 aliphatic heterocycles. The first-order chi connectivity index (χ1) is 12.6. The van der Waals surface area contributed by atoms with E-state index in [-0.39, 0.29) is 13.0 Å². The van der Waals surface area contributed by atoms with Gasteiger partial charge in [-0.15, -0.1) is 0 Å².